The van der Waals surface area contributed by atoms with Crippen molar-refractivity contribution in [2.45, 2.75) is 38.6 Å². The van der Waals surface area contributed by atoms with Gasteiger partial charge in [-0.05, 0) is 37.5 Å². The van der Waals surface area contributed by atoms with Crippen molar-refractivity contribution in [1.82, 2.24) is 4.72 Å². The van der Waals surface area contributed by atoms with Crippen molar-refractivity contribution in [3.63, 3.8) is 0 Å². The van der Waals surface area contributed by atoms with Crippen LogP contribution in [-0.2, 0) is 10.0 Å². The van der Waals surface area contributed by atoms with Crippen molar-refractivity contribution in [1.29, 1.82) is 0 Å². The van der Waals surface area contributed by atoms with E-state index in [4.69, 9.17) is 5.11 Å². The van der Waals surface area contributed by atoms with Crippen LogP contribution < -0.4 is 4.72 Å². The number of hydrogen-bond acceptors (Lipinski definition) is 3. The molecule has 1 aromatic carbocycles. The maximum atomic E-state index is 12.1. The summed E-state index contributed by atoms with van der Waals surface area (Å²) in [6.07, 6.45) is 0. The van der Waals surface area contributed by atoms with Gasteiger partial charge in [0.05, 0.1) is 10.5 Å². The maximum absolute atomic E-state index is 12.1. The average Bonchev–Trinajstić information content (AvgIpc) is 2.27. The van der Waals surface area contributed by atoms with E-state index in [0.29, 0.717) is 5.56 Å². The van der Waals surface area contributed by atoms with E-state index >= 15 is 0 Å². The van der Waals surface area contributed by atoms with Crippen LogP contribution in [0.3, 0.4) is 0 Å². The molecule has 0 radical (unpaired) electrons. The lowest BCUT2D eigenvalue weighted by Gasteiger charge is -2.17. The fraction of sp³-hybridized carbons (Fsp3) is 0.462. The third kappa shape index (κ3) is 3.78. The van der Waals surface area contributed by atoms with E-state index in [2.05, 4.69) is 4.72 Å². The molecular weight excluding hydrogens is 266 g/mol. The first-order valence-corrected chi connectivity index (χ1v) is 7.49. The van der Waals surface area contributed by atoms with Crippen LogP contribution >= 0.6 is 0 Å². The van der Waals surface area contributed by atoms with Gasteiger partial charge >= 0.3 is 5.97 Å². The Labute approximate surface area is 113 Å². The summed E-state index contributed by atoms with van der Waals surface area (Å²) in [5.41, 5.74) is 0.531. The Morgan fingerprint density at radius 1 is 1.26 bits per heavy atom. The first-order chi connectivity index (χ1) is 8.65. The molecule has 19 heavy (non-hydrogen) atoms. The van der Waals surface area contributed by atoms with Crippen molar-refractivity contribution in [2.75, 3.05) is 0 Å². The highest BCUT2D eigenvalue weighted by Crippen LogP contribution is 2.17. The molecule has 0 aliphatic heterocycles. The van der Waals surface area contributed by atoms with E-state index in [9.17, 15) is 13.2 Å². The molecule has 1 unspecified atom stereocenters. The minimum atomic E-state index is -3.69. The van der Waals surface area contributed by atoms with Gasteiger partial charge in [-0.25, -0.2) is 17.9 Å². The van der Waals surface area contributed by atoms with E-state index in [0.717, 1.165) is 0 Å². The predicted molar refractivity (Wildman–Crippen MR) is 72.8 cm³/mol. The van der Waals surface area contributed by atoms with Crippen LogP contribution in [0.5, 0.6) is 0 Å². The van der Waals surface area contributed by atoms with Gasteiger partial charge in [0, 0.05) is 6.04 Å². The Kier molecular flexibility index (Phi) is 4.70. The van der Waals surface area contributed by atoms with Crippen molar-refractivity contribution in [3.05, 3.63) is 29.3 Å². The van der Waals surface area contributed by atoms with Crippen LogP contribution in [0.25, 0.3) is 0 Å². The normalized spacial score (nSPS) is 13.5. The summed E-state index contributed by atoms with van der Waals surface area (Å²) in [6, 6.07) is 3.88. The van der Waals surface area contributed by atoms with Gasteiger partial charge in [-0.2, -0.15) is 0 Å². The topological polar surface area (TPSA) is 83.5 Å². The summed E-state index contributed by atoms with van der Waals surface area (Å²) in [7, 11) is -3.69. The lowest BCUT2D eigenvalue weighted by atomic mass is 10.1. The summed E-state index contributed by atoms with van der Waals surface area (Å²) < 4.78 is 26.8. The molecule has 0 amide bonds. The molecule has 5 nitrogen and oxygen atoms in total. The quantitative estimate of drug-likeness (QED) is 0.867. The molecule has 0 fully saturated rings. The number of carboxylic acid groups (broad SMARTS) is 1. The van der Waals surface area contributed by atoms with Gasteiger partial charge in [-0.15, -0.1) is 0 Å². The Hall–Kier alpha value is -1.40. The number of hydrogen-bond donors (Lipinski definition) is 2. The van der Waals surface area contributed by atoms with E-state index in [1.165, 1.54) is 18.2 Å². The molecule has 0 bridgehead atoms. The van der Waals surface area contributed by atoms with Gasteiger partial charge in [0.2, 0.25) is 10.0 Å². The van der Waals surface area contributed by atoms with E-state index in [1.807, 2.05) is 13.8 Å². The number of aromatic carboxylic acids is 1. The van der Waals surface area contributed by atoms with E-state index in [-0.39, 0.29) is 22.4 Å². The number of rotatable bonds is 5. The summed E-state index contributed by atoms with van der Waals surface area (Å²) in [5, 5.41) is 9.01. The highest BCUT2D eigenvalue weighted by atomic mass is 32.2. The van der Waals surface area contributed by atoms with Crippen LogP contribution in [0.15, 0.2) is 23.1 Å². The minimum Gasteiger partial charge on any atom is -0.478 e. The Bertz CT molecular complexity index is 578. The largest absolute Gasteiger partial charge is 0.478 e. The second-order valence-electron chi connectivity index (χ2n) is 4.94. The molecule has 1 aromatic rings. The monoisotopic (exact) mass is 285 g/mol. The molecule has 0 saturated heterocycles. The number of benzene rings is 1. The average molecular weight is 285 g/mol. The summed E-state index contributed by atoms with van der Waals surface area (Å²) in [6.45, 7) is 7.22. The highest BCUT2D eigenvalue weighted by molar-refractivity contribution is 7.89. The first kappa shape index (κ1) is 15.7. The van der Waals surface area contributed by atoms with Crippen molar-refractivity contribution in [3.8, 4) is 0 Å². The van der Waals surface area contributed by atoms with Crippen LogP contribution in [0.1, 0.15) is 36.7 Å². The van der Waals surface area contributed by atoms with Crippen molar-refractivity contribution >= 4 is 16.0 Å². The minimum absolute atomic E-state index is 0.0000694. The zero-order valence-corrected chi connectivity index (χ0v) is 12.3. The standard InChI is InChI=1S/C13H19NO4S/c1-8(2)10(4)14-19(17,18)11-6-5-9(3)12(7-11)13(15)16/h5-8,10,14H,1-4H3,(H,15,16). The predicted octanol–water partition coefficient (Wildman–Crippen LogP) is 2.02. The third-order valence-electron chi connectivity index (χ3n) is 3.09. The Morgan fingerprint density at radius 3 is 2.32 bits per heavy atom. The van der Waals surface area contributed by atoms with Crippen molar-refractivity contribution in [2.24, 2.45) is 5.92 Å². The molecule has 2 N–H and O–H groups in total. The molecule has 1 rings (SSSR count). The SMILES string of the molecule is Cc1ccc(S(=O)(=O)NC(C)C(C)C)cc1C(=O)O. The molecule has 0 aliphatic rings. The van der Waals surface area contributed by atoms with Crippen molar-refractivity contribution < 1.29 is 18.3 Å². The Balaban J connectivity index is 3.16. The lowest BCUT2D eigenvalue weighted by molar-refractivity contribution is 0.0696. The fourth-order valence-corrected chi connectivity index (χ4v) is 2.87. The zero-order chi connectivity index (χ0) is 14.8. The number of aryl methyl sites for hydroxylation is 1. The molecule has 0 aromatic heterocycles. The summed E-state index contributed by atoms with van der Waals surface area (Å²) >= 11 is 0. The van der Waals surface area contributed by atoms with Crippen LogP contribution in [0.4, 0.5) is 0 Å². The van der Waals surface area contributed by atoms with Gasteiger partial charge in [-0.3, -0.25) is 0 Å². The van der Waals surface area contributed by atoms with Gasteiger partial charge in [0.1, 0.15) is 0 Å². The molecular formula is C13H19NO4S. The first-order valence-electron chi connectivity index (χ1n) is 6.01. The van der Waals surface area contributed by atoms with Crippen LogP contribution in [0, 0.1) is 12.8 Å². The zero-order valence-electron chi connectivity index (χ0n) is 11.5. The van der Waals surface area contributed by atoms with Gasteiger partial charge in [-0.1, -0.05) is 19.9 Å². The van der Waals surface area contributed by atoms with Crippen LogP contribution in [-0.4, -0.2) is 25.5 Å². The second-order valence-corrected chi connectivity index (χ2v) is 6.65. The molecule has 0 aliphatic carbocycles. The Morgan fingerprint density at radius 2 is 1.84 bits per heavy atom. The molecule has 106 valence electrons. The lowest BCUT2D eigenvalue weighted by Crippen LogP contribution is -2.36. The molecule has 0 saturated carbocycles. The second kappa shape index (κ2) is 5.71. The van der Waals surface area contributed by atoms with Gasteiger partial charge in [0.15, 0.2) is 0 Å². The van der Waals surface area contributed by atoms with E-state index < -0.39 is 16.0 Å². The van der Waals surface area contributed by atoms with Crippen LogP contribution in [0.2, 0.25) is 0 Å². The van der Waals surface area contributed by atoms with Gasteiger partial charge in [0.25, 0.3) is 0 Å². The van der Waals surface area contributed by atoms with Gasteiger partial charge < -0.3 is 5.11 Å². The third-order valence-corrected chi connectivity index (χ3v) is 4.65. The number of nitrogens with one attached hydrogen (secondary N) is 1. The molecule has 0 heterocycles. The smallest absolute Gasteiger partial charge is 0.335 e. The number of carboxylic acids is 1. The maximum Gasteiger partial charge on any atom is 0.335 e. The fourth-order valence-electron chi connectivity index (χ4n) is 1.45. The summed E-state index contributed by atoms with van der Waals surface area (Å²) in [4.78, 5) is 11.0. The molecule has 6 heteroatoms. The highest BCUT2D eigenvalue weighted by Gasteiger charge is 2.21. The summed E-state index contributed by atoms with van der Waals surface area (Å²) in [5.74, 6) is -0.981. The number of carbonyl (C=O) groups is 1. The number of sulfonamides is 1. The molecule has 1 atom stereocenters. The van der Waals surface area contributed by atoms with E-state index in [1.54, 1.807) is 13.8 Å². The molecule has 0 spiro atoms.